The summed E-state index contributed by atoms with van der Waals surface area (Å²) in [5.41, 5.74) is 9.39. The highest BCUT2D eigenvalue weighted by atomic mass is 35.5. The van der Waals surface area contributed by atoms with E-state index in [2.05, 4.69) is 10.5 Å². The van der Waals surface area contributed by atoms with Crippen molar-refractivity contribution in [1.82, 2.24) is 5.43 Å². The van der Waals surface area contributed by atoms with Gasteiger partial charge in [0, 0.05) is 15.8 Å². The number of hydrogen-bond acceptors (Lipinski definition) is 3. The van der Waals surface area contributed by atoms with Crippen LogP contribution >= 0.6 is 46.6 Å². The second-order valence-corrected chi connectivity index (χ2v) is 6.71. The first-order valence-electron chi connectivity index (χ1n) is 6.41. The van der Waals surface area contributed by atoms with Gasteiger partial charge in [0.1, 0.15) is 0 Å². The number of nitrogens with zero attached hydrogens (tertiary/aromatic N) is 1. The smallest absolute Gasteiger partial charge is 0.272 e. The SMILES string of the molecule is N/C(=N\NC(=O)c1ccc(Cl)cc1Cl)SCc1cccc(Cl)c1. The normalized spacial score (nSPS) is 11.3. The molecule has 0 radical (unpaired) electrons. The van der Waals surface area contributed by atoms with E-state index in [4.69, 9.17) is 40.5 Å². The Bertz CT molecular complexity index is 752. The van der Waals surface area contributed by atoms with Gasteiger partial charge in [-0.2, -0.15) is 0 Å². The quantitative estimate of drug-likeness (QED) is 0.459. The molecule has 23 heavy (non-hydrogen) atoms. The molecule has 8 heteroatoms. The van der Waals surface area contributed by atoms with Crippen molar-refractivity contribution in [3.05, 3.63) is 68.7 Å². The summed E-state index contributed by atoms with van der Waals surface area (Å²) >= 11 is 18.9. The molecule has 0 bridgehead atoms. The molecule has 4 nitrogen and oxygen atoms in total. The number of nitrogens with two attached hydrogens (primary N) is 1. The fourth-order valence-corrected chi connectivity index (χ4v) is 2.97. The third-order valence-electron chi connectivity index (χ3n) is 2.72. The minimum absolute atomic E-state index is 0.225. The fourth-order valence-electron chi connectivity index (χ4n) is 1.66. The highest BCUT2D eigenvalue weighted by molar-refractivity contribution is 8.13. The summed E-state index contributed by atoms with van der Waals surface area (Å²) in [5, 5.41) is 5.41. The van der Waals surface area contributed by atoms with Gasteiger partial charge in [-0.15, -0.1) is 5.10 Å². The van der Waals surface area contributed by atoms with E-state index in [-0.39, 0.29) is 15.8 Å². The predicted octanol–water partition coefficient (Wildman–Crippen LogP) is 4.54. The van der Waals surface area contributed by atoms with E-state index in [1.54, 1.807) is 12.1 Å². The average molecular weight is 389 g/mol. The third kappa shape index (κ3) is 5.62. The van der Waals surface area contributed by atoms with Gasteiger partial charge in [0.25, 0.3) is 5.91 Å². The molecule has 0 aliphatic carbocycles. The molecule has 0 saturated carbocycles. The van der Waals surface area contributed by atoms with E-state index >= 15 is 0 Å². The van der Waals surface area contributed by atoms with Gasteiger partial charge in [-0.25, -0.2) is 5.43 Å². The van der Waals surface area contributed by atoms with Crippen LogP contribution in [0.15, 0.2) is 47.6 Å². The first kappa shape index (κ1) is 17.9. The summed E-state index contributed by atoms with van der Waals surface area (Å²) in [6.07, 6.45) is 0. The topological polar surface area (TPSA) is 67.5 Å². The standard InChI is InChI=1S/C15H12Cl3N3OS/c16-10-3-1-2-9(6-10)8-23-15(19)21-20-14(22)12-5-4-11(17)7-13(12)18/h1-7H,8H2,(H2,19,21)(H,20,22). The molecule has 0 aromatic heterocycles. The van der Waals surface area contributed by atoms with Crippen molar-refractivity contribution in [1.29, 1.82) is 0 Å². The Balaban J connectivity index is 1.92. The number of carbonyl (C=O) groups excluding carboxylic acids is 1. The molecule has 0 saturated heterocycles. The number of benzene rings is 2. The Morgan fingerprint density at radius 3 is 2.57 bits per heavy atom. The van der Waals surface area contributed by atoms with Crippen LogP contribution in [0, 0.1) is 0 Å². The van der Waals surface area contributed by atoms with Crippen molar-refractivity contribution in [3.63, 3.8) is 0 Å². The Morgan fingerprint density at radius 1 is 1.13 bits per heavy atom. The van der Waals surface area contributed by atoms with Crippen molar-refractivity contribution >= 4 is 57.6 Å². The van der Waals surface area contributed by atoms with E-state index in [0.717, 1.165) is 5.56 Å². The van der Waals surface area contributed by atoms with Gasteiger partial charge in [-0.05, 0) is 35.9 Å². The van der Waals surface area contributed by atoms with E-state index < -0.39 is 5.91 Å². The van der Waals surface area contributed by atoms with Crippen molar-refractivity contribution in [2.75, 3.05) is 0 Å². The van der Waals surface area contributed by atoms with Crippen LogP contribution in [0.2, 0.25) is 15.1 Å². The fraction of sp³-hybridized carbons (Fsp3) is 0.0667. The first-order valence-corrected chi connectivity index (χ1v) is 8.53. The lowest BCUT2D eigenvalue weighted by molar-refractivity contribution is 0.0955. The number of carbonyl (C=O) groups is 1. The van der Waals surface area contributed by atoms with Gasteiger partial charge < -0.3 is 5.73 Å². The summed E-state index contributed by atoms with van der Waals surface area (Å²) in [6, 6.07) is 12.0. The van der Waals surface area contributed by atoms with E-state index in [1.165, 1.54) is 23.9 Å². The van der Waals surface area contributed by atoms with Crippen LogP contribution in [0.5, 0.6) is 0 Å². The summed E-state index contributed by atoms with van der Waals surface area (Å²) in [7, 11) is 0. The molecule has 0 spiro atoms. The Labute approximate surface area is 153 Å². The van der Waals surface area contributed by atoms with Gasteiger partial charge >= 0.3 is 0 Å². The molecule has 2 aromatic rings. The lowest BCUT2D eigenvalue weighted by Gasteiger charge is -2.05. The van der Waals surface area contributed by atoms with E-state index in [0.29, 0.717) is 15.8 Å². The van der Waals surface area contributed by atoms with Gasteiger partial charge in [-0.3, -0.25) is 4.79 Å². The summed E-state index contributed by atoms with van der Waals surface area (Å²) < 4.78 is 0. The molecule has 0 fully saturated rings. The second-order valence-electron chi connectivity index (χ2n) is 4.43. The third-order valence-corrected chi connectivity index (χ3v) is 4.37. The molecule has 0 atom stereocenters. The lowest BCUT2D eigenvalue weighted by Crippen LogP contribution is -2.22. The van der Waals surface area contributed by atoms with Crippen LogP contribution in [0.25, 0.3) is 0 Å². The van der Waals surface area contributed by atoms with E-state index in [9.17, 15) is 4.79 Å². The molecule has 0 unspecified atom stereocenters. The lowest BCUT2D eigenvalue weighted by atomic mass is 10.2. The molecule has 0 aliphatic heterocycles. The van der Waals surface area contributed by atoms with Gasteiger partial charge in [0.15, 0.2) is 5.17 Å². The molecule has 120 valence electrons. The summed E-state index contributed by atoms with van der Waals surface area (Å²) in [4.78, 5) is 12.0. The number of amides is 1. The molecule has 0 aliphatic rings. The second kappa shape index (κ2) is 8.45. The molecule has 2 rings (SSSR count). The number of amidine groups is 1. The zero-order chi connectivity index (χ0) is 16.8. The number of hydrogen-bond donors (Lipinski definition) is 2. The largest absolute Gasteiger partial charge is 0.377 e. The first-order chi connectivity index (χ1) is 11.0. The van der Waals surface area contributed by atoms with Crippen LogP contribution < -0.4 is 11.2 Å². The van der Waals surface area contributed by atoms with Crippen LogP contribution in [0.3, 0.4) is 0 Å². The maximum Gasteiger partial charge on any atom is 0.272 e. The highest BCUT2D eigenvalue weighted by Crippen LogP contribution is 2.21. The predicted molar refractivity (Wildman–Crippen MR) is 98.3 cm³/mol. The van der Waals surface area contributed by atoms with Gasteiger partial charge in [0.2, 0.25) is 0 Å². The molecule has 3 N–H and O–H groups in total. The average Bonchev–Trinajstić information content (AvgIpc) is 2.50. The molecular formula is C15H12Cl3N3OS. The Kier molecular flexibility index (Phi) is 6.59. The zero-order valence-corrected chi connectivity index (χ0v) is 14.8. The number of nitrogens with one attached hydrogen (secondary N) is 1. The summed E-state index contributed by atoms with van der Waals surface area (Å²) in [6.45, 7) is 0. The minimum Gasteiger partial charge on any atom is -0.377 e. The number of rotatable bonds is 4. The molecule has 1 amide bonds. The van der Waals surface area contributed by atoms with Gasteiger partial charge in [0.05, 0.1) is 10.6 Å². The van der Waals surface area contributed by atoms with Crippen molar-refractivity contribution in [2.24, 2.45) is 10.8 Å². The number of thioether (sulfide) groups is 1. The Hall–Kier alpha value is -1.40. The number of hydrazone groups is 1. The maximum absolute atomic E-state index is 12.0. The van der Waals surface area contributed by atoms with Crippen LogP contribution in [-0.2, 0) is 5.75 Å². The maximum atomic E-state index is 12.0. The highest BCUT2D eigenvalue weighted by Gasteiger charge is 2.10. The molecule has 2 aromatic carbocycles. The van der Waals surface area contributed by atoms with E-state index in [1.807, 2.05) is 18.2 Å². The van der Waals surface area contributed by atoms with Crippen LogP contribution in [0.4, 0.5) is 0 Å². The molecule has 0 heterocycles. The molecular weight excluding hydrogens is 377 g/mol. The Morgan fingerprint density at radius 2 is 1.87 bits per heavy atom. The van der Waals surface area contributed by atoms with Crippen LogP contribution in [0.1, 0.15) is 15.9 Å². The monoisotopic (exact) mass is 387 g/mol. The zero-order valence-electron chi connectivity index (χ0n) is 11.7. The summed E-state index contributed by atoms with van der Waals surface area (Å²) in [5.74, 6) is 0.131. The van der Waals surface area contributed by atoms with Gasteiger partial charge in [-0.1, -0.05) is 58.7 Å². The van der Waals surface area contributed by atoms with Crippen molar-refractivity contribution in [3.8, 4) is 0 Å². The van der Waals surface area contributed by atoms with Crippen molar-refractivity contribution < 1.29 is 4.79 Å². The minimum atomic E-state index is -0.460. The van der Waals surface area contributed by atoms with Crippen LogP contribution in [-0.4, -0.2) is 11.1 Å². The van der Waals surface area contributed by atoms with Crippen molar-refractivity contribution in [2.45, 2.75) is 5.75 Å². The number of halogens is 3.